The molecule has 0 bridgehead atoms. The van der Waals surface area contributed by atoms with Crippen molar-refractivity contribution < 1.29 is 17.7 Å². The minimum atomic E-state index is -2.21. The van der Waals surface area contributed by atoms with Crippen molar-refractivity contribution >= 4 is 17.1 Å². The Kier molecular flexibility index (Phi) is 12.8. The zero-order valence-corrected chi connectivity index (χ0v) is 25.9. The zero-order chi connectivity index (χ0) is 25.1. The smallest absolute Gasteiger partial charge is 0.344 e. The maximum Gasteiger partial charge on any atom is 0.344 e. The highest BCUT2D eigenvalue weighted by atomic mass is 28.4. The average molecular weight is 515 g/mol. The van der Waals surface area contributed by atoms with E-state index in [0.717, 1.165) is 5.92 Å². The summed E-state index contributed by atoms with van der Waals surface area (Å²) in [5.74, 6) is 0.721. The first kappa shape index (κ1) is 30.5. The molecule has 0 N–H and O–H groups in total. The molecule has 2 saturated heterocycles. The van der Waals surface area contributed by atoms with E-state index in [4.69, 9.17) is 17.7 Å². The molecule has 2 fully saturated rings. The first-order valence-corrected chi connectivity index (χ1v) is 18.7. The van der Waals surface area contributed by atoms with E-state index in [2.05, 4.69) is 20.8 Å². The molecule has 0 radical (unpaired) electrons. The summed E-state index contributed by atoms with van der Waals surface area (Å²) in [5.41, 5.74) is 0. The fraction of sp³-hybridized carbons (Fsp3) is 1.00. The standard InChI is InChI=1S/C28H58O4Si2/c1-8-11-17-26(28(22-13-10-3)23-16-25-34(28,31-6)32-7)18-14-20-27(19-12-9-2)21-15-24-33(27,29-4)30-5/h26H,8-25H2,1-7H3. The third kappa shape index (κ3) is 5.88. The van der Waals surface area contributed by atoms with Gasteiger partial charge in [0.25, 0.3) is 0 Å². The van der Waals surface area contributed by atoms with Crippen LogP contribution in [0.3, 0.4) is 0 Å². The Balaban J connectivity index is 2.29. The van der Waals surface area contributed by atoms with Gasteiger partial charge in [-0.25, -0.2) is 0 Å². The number of unbranched alkanes of at least 4 members (excludes halogenated alkanes) is 3. The highest BCUT2D eigenvalue weighted by Crippen LogP contribution is 2.64. The molecule has 0 aromatic carbocycles. The average Bonchev–Trinajstić information content (AvgIpc) is 3.42. The predicted octanol–water partition coefficient (Wildman–Crippen LogP) is 8.88. The van der Waals surface area contributed by atoms with Gasteiger partial charge in [-0.05, 0) is 50.1 Å². The van der Waals surface area contributed by atoms with Crippen molar-refractivity contribution in [3.63, 3.8) is 0 Å². The lowest BCUT2D eigenvalue weighted by Gasteiger charge is -2.48. The summed E-state index contributed by atoms with van der Waals surface area (Å²) in [4.78, 5) is 0. The molecule has 0 amide bonds. The summed E-state index contributed by atoms with van der Waals surface area (Å²) in [6.07, 6.45) is 20.7. The highest BCUT2D eigenvalue weighted by Gasteiger charge is 2.63. The largest absolute Gasteiger partial charge is 0.397 e. The van der Waals surface area contributed by atoms with Crippen LogP contribution in [0.2, 0.25) is 22.2 Å². The molecule has 202 valence electrons. The van der Waals surface area contributed by atoms with Crippen LogP contribution in [0, 0.1) is 5.92 Å². The van der Waals surface area contributed by atoms with Crippen LogP contribution in [-0.2, 0) is 17.7 Å². The van der Waals surface area contributed by atoms with Gasteiger partial charge in [0.15, 0.2) is 0 Å². The summed E-state index contributed by atoms with van der Waals surface area (Å²) >= 11 is 0. The van der Waals surface area contributed by atoms with Crippen molar-refractivity contribution in [2.24, 2.45) is 5.92 Å². The number of hydrogen-bond acceptors (Lipinski definition) is 4. The Morgan fingerprint density at radius 3 is 1.71 bits per heavy atom. The molecule has 2 rings (SSSR count). The van der Waals surface area contributed by atoms with Gasteiger partial charge in [-0.1, -0.05) is 91.4 Å². The molecular weight excluding hydrogens is 456 g/mol. The quantitative estimate of drug-likeness (QED) is 0.171. The maximum atomic E-state index is 6.43. The van der Waals surface area contributed by atoms with Crippen LogP contribution >= 0.6 is 0 Å². The van der Waals surface area contributed by atoms with Crippen LogP contribution < -0.4 is 0 Å². The molecule has 0 saturated carbocycles. The topological polar surface area (TPSA) is 36.9 Å². The van der Waals surface area contributed by atoms with Gasteiger partial charge >= 0.3 is 17.1 Å². The van der Waals surface area contributed by atoms with E-state index in [9.17, 15) is 0 Å². The molecule has 4 nitrogen and oxygen atoms in total. The molecule has 6 heteroatoms. The van der Waals surface area contributed by atoms with Gasteiger partial charge < -0.3 is 17.7 Å². The second kappa shape index (κ2) is 14.3. The van der Waals surface area contributed by atoms with Gasteiger partial charge in [-0.3, -0.25) is 0 Å². The van der Waals surface area contributed by atoms with Crippen LogP contribution in [0.5, 0.6) is 0 Å². The molecule has 2 aliphatic rings. The second-order valence-corrected chi connectivity index (χ2v) is 19.1. The first-order valence-electron chi connectivity index (χ1n) is 14.7. The first-order chi connectivity index (χ1) is 16.4. The maximum absolute atomic E-state index is 6.43. The minimum absolute atomic E-state index is 0.283. The Morgan fingerprint density at radius 2 is 1.12 bits per heavy atom. The van der Waals surface area contributed by atoms with E-state index in [-0.39, 0.29) is 5.04 Å². The summed E-state index contributed by atoms with van der Waals surface area (Å²) < 4.78 is 25.5. The normalized spacial score (nSPS) is 29.0. The molecule has 0 aromatic rings. The second-order valence-electron chi connectivity index (χ2n) is 11.4. The van der Waals surface area contributed by atoms with E-state index >= 15 is 0 Å². The number of rotatable bonds is 18. The molecule has 2 heterocycles. The van der Waals surface area contributed by atoms with E-state index in [1.54, 1.807) is 0 Å². The van der Waals surface area contributed by atoms with Gasteiger partial charge in [0.05, 0.1) is 0 Å². The van der Waals surface area contributed by atoms with Crippen LogP contribution in [0.15, 0.2) is 0 Å². The van der Waals surface area contributed by atoms with Crippen molar-refractivity contribution in [1.29, 1.82) is 0 Å². The highest BCUT2D eigenvalue weighted by molar-refractivity contribution is 6.72. The third-order valence-corrected chi connectivity index (χ3v) is 19.5. The van der Waals surface area contributed by atoms with Crippen LogP contribution in [0.25, 0.3) is 0 Å². The SMILES string of the molecule is CCCCC(CCCC1(CCCC)CCC[Si]1(OC)OC)C1(CCCC)CCC[Si]1(OC)OC. The molecule has 34 heavy (non-hydrogen) atoms. The van der Waals surface area contributed by atoms with Gasteiger partial charge in [-0.15, -0.1) is 0 Å². The fourth-order valence-corrected chi connectivity index (χ4v) is 17.1. The van der Waals surface area contributed by atoms with Crippen molar-refractivity contribution in [3.8, 4) is 0 Å². The van der Waals surface area contributed by atoms with Gasteiger partial charge in [0.2, 0.25) is 0 Å². The van der Waals surface area contributed by atoms with Gasteiger partial charge in [0.1, 0.15) is 0 Å². The fourth-order valence-electron chi connectivity index (χ4n) is 8.24. The van der Waals surface area contributed by atoms with E-state index < -0.39 is 17.1 Å². The van der Waals surface area contributed by atoms with Gasteiger partial charge in [-0.2, -0.15) is 0 Å². The van der Waals surface area contributed by atoms with E-state index in [0.29, 0.717) is 5.04 Å². The van der Waals surface area contributed by atoms with E-state index in [1.165, 1.54) is 115 Å². The Morgan fingerprint density at radius 1 is 0.618 bits per heavy atom. The lowest BCUT2D eigenvalue weighted by atomic mass is 9.77. The lowest BCUT2D eigenvalue weighted by molar-refractivity contribution is 0.156. The molecular formula is C28H58O4Si2. The summed E-state index contributed by atoms with van der Waals surface area (Å²) in [5, 5.41) is 0.579. The number of hydrogen-bond donors (Lipinski definition) is 0. The van der Waals surface area contributed by atoms with Crippen LogP contribution in [0.4, 0.5) is 0 Å². The summed E-state index contributed by atoms with van der Waals surface area (Å²) in [6.45, 7) is 7.00. The minimum Gasteiger partial charge on any atom is -0.397 e. The van der Waals surface area contributed by atoms with Crippen molar-refractivity contribution in [1.82, 2.24) is 0 Å². The lowest BCUT2D eigenvalue weighted by Crippen LogP contribution is -2.52. The molecule has 3 atom stereocenters. The molecule has 2 aliphatic heterocycles. The van der Waals surface area contributed by atoms with Crippen molar-refractivity contribution in [2.45, 2.75) is 146 Å². The monoisotopic (exact) mass is 514 g/mol. The Bertz CT molecular complexity index is 567. The Hall–Kier alpha value is 0.274. The third-order valence-electron chi connectivity index (χ3n) is 10.1. The van der Waals surface area contributed by atoms with Crippen molar-refractivity contribution in [2.75, 3.05) is 28.4 Å². The predicted molar refractivity (Wildman–Crippen MR) is 149 cm³/mol. The van der Waals surface area contributed by atoms with Crippen LogP contribution in [0.1, 0.15) is 124 Å². The molecule has 0 aromatic heterocycles. The molecule has 0 spiro atoms. The zero-order valence-electron chi connectivity index (χ0n) is 23.9. The Labute approximate surface area is 214 Å². The summed E-state index contributed by atoms with van der Waals surface area (Å²) in [6, 6.07) is 2.35. The van der Waals surface area contributed by atoms with Crippen LogP contribution in [-0.4, -0.2) is 45.6 Å². The molecule has 3 unspecified atom stereocenters. The summed E-state index contributed by atoms with van der Waals surface area (Å²) in [7, 11) is 3.41. The van der Waals surface area contributed by atoms with E-state index in [1.807, 2.05) is 28.4 Å². The molecule has 0 aliphatic carbocycles. The van der Waals surface area contributed by atoms with Gasteiger partial charge in [0, 0.05) is 38.5 Å². The van der Waals surface area contributed by atoms with Crippen molar-refractivity contribution in [3.05, 3.63) is 0 Å².